The van der Waals surface area contributed by atoms with E-state index in [0.29, 0.717) is 42.6 Å². The number of aromatic hydroxyl groups is 2. The molecule has 3 heterocycles. The lowest BCUT2D eigenvalue weighted by molar-refractivity contribution is -0.277. The number of amides is 1. The summed E-state index contributed by atoms with van der Waals surface area (Å²) in [6.45, 7) is 1.63. The topological polar surface area (TPSA) is 222 Å². The molecule has 1 saturated heterocycles. The van der Waals surface area contributed by atoms with Crippen LogP contribution >= 0.6 is 0 Å². The van der Waals surface area contributed by atoms with Crippen molar-refractivity contribution in [3.8, 4) is 17.2 Å². The summed E-state index contributed by atoms with van der Waals surface area (Å²) in [6, 6.07) is 16.2. The van der Waals surface area contributed by atoms with Crippen LogP contribution in [-0.4, -0.2) is 109 Å². The van der Waals surface area contributed by atoms with E-state index in [1.807, 2.05) is 25.1 Å². The van der Waals surface area contributed by atoms with Crippen LogP contribution in [0.4, 0.5) is 5.69 Å². The van der Waals surface area contributed by atoms with Gasteiger partial charge in [-0.05, 0) is 72.1 Å². The lowest BCUT2D eigenvalue weighted by Gasteiger charge is -2.41. The summed E-state index contributed by atoms with van der Waals surface area (Å²) < 4.78 is 11.4. The lowest BCUT2D eigenvalue weighted by atomic mass is 9.63. The molecule has 7 rings (SSSR count). The number of fused-ring (bicyclic) bond motifs is 1. The van der Waals surface area contributed by atoms with E-state index in [-0.39, 0.29) is 17.2 Å². The average molecular weight is 784 g/mol. The van der Waals surface area contributed by atoms with Crippen molar-refractivity contribution in [2.24, 2.45) is 9.98 Å². The molecule has 14 heteroatoms. The third-order valence-corrected chi connectivity index (χ3v) is 11.9. The Hall–Kier alpha value is -5.12. The van der Waals surface area contributed by atoms with Gasteiger partial charge in [-0.1, -0.05) is 62.6 Å². The van der Waals surface area contributed by atoms with Gasteiger partial charge in [-0.2, -0.15) is 0 Å². The molecule has 7 atom stereocenters. The first-order valence-corrected chi connectivity index (χ1v) is 19.5. The van der Waals surface area contributed by atoms with E-state index in [9.17, 15) is 45.3 Å². The number of nitrogens with zero attached hydrogens (tertiary/aromatic N) is 3. The van der Waals surface area contributed by atoms with Gasteiger partial charge in [0.2, 0.25) is 6.29 Å². The maximum Gasteiger partial charge on any atom is 0.327 e. The molecule has 14 nitrogen and oxygen atoms in total. The summed E-state index contributed by atoms with van der Waals surface area (Å²) in [7, 11) is 0. The normalized spacial score (nSPS) is 26.9. The minimum Gasteiger partial charge on any atom is -0.508 e. The number of aliphatic imine (C=N–C) groups is 2. The van der Waals surface area contributed by atoms with Crippen molar-refractivity contribution >= 4 is 35.1 Å². The number of ether oxygens (including phenoxy) is 2. The van der Waals surface area contributed by atoms with Gasteiger partial charge in [-0.3, -0.25) is 19.7 Å². The summed E-state index contributed by atoms with van der Waals surface area (Å²) in [5, 5.41) is 74.1. The number of carbonyl (C=O) groups is 2. The Morgan fingerprint density at radius 2 is 1.67 bits per heavy atom. The number of aliphatic hydroxyl groups excluding tert-OH is 4. The lowest BCUT2D eigenvalue weighted by Crippen LogP contribution is -2.60. The van der Waals surface area contributed by atoms with Crippen molar-refractivity contribution in [2.45, 2.75) is 106 Å². The Balaban J connectivity index is 1.27. The zero-order chi connectivity index (χ0) is 40.4. The molecule has 3 aliphatic heterocycles. The van der Waals surface area contributed by atoms with Gasteiger partial charge in [0.15, 0.2) is 11.5 Å². The van der Waals surface area contributed by atoms with Crippen LogP contribution < -0.4 is 9.64 Å². The molecule has 302 valence electrons. The highest BCUT2D eigenvalue weighted by Crippen LogP contribution is 2.54. The zero-order valence-corrected chi connectivity index (χ0v) is 31.6. The third-order valence-electron chi connectivity index (χ3n) is 11.9. The number of benzene rings is 3. The highest BCUT2D eigenvalue weighted by Gasteiger charge is 2.51. The first-order chi connectivity index (χ1) is 27.4. The van der Waals surface area contributed by atoms with Crippen molar-refractivity contribution < 1.29 is 54.8 Å². The van der Waals surface area contributed by atoms with Gasteiger partial charge in [0, 0.05) is 30.0 Å². The monoisotopic (exact) mass is 783 g/mol. The van der Waals surface area contributed by atoms with E-state index in [2.05, 4.69) is 22.1 Å². The molecular formula is C43H49N3O11. The van der Waals surface area contributed by atoms with Crippen LogP contribution in [0.1, 0.15) is 80.0 Å². The highest BCUT2D eigenvalue weighted by atomic mass is 16.7. The Morgan fingerprint density at radius 3 is 2.37 bits per heavy atom. The molecule has 7 N–H and O–H groups in total. The minimum atomic E-state index is -1.79. The van der Waals surface area contributed by atoms with Gasteiger partial charge in [0.05, 0.1) is 23.7 Å². The fourth-order valence-electron chi connectivity index (χ4n) is 8.92. The molecule has 1 saturated carbocycles. The molecule has 0 radical (unpaired) electrons. The Morgan fingerprint density at radius 1 is 0.930 bits per heavy atom. The number of rotatable bonds is 12. The minimum absolute atomic E-state index is 0.0626. The average Bonchev–Trinajstić information content (AvgIpc) is 3.80. The van der Waals surface area contributed by atoms with Gasteiger partial charge in [-0.25, -0.2) is 4.79 Å². The number of phenols is 2. The van der Waals surface area contributed by atoms with Crippen LogP contribution in [0.2, 0.25) is 0 Å². The van der Waals surface area contributed by atoms with Gasteiger partial charge >= 0.3 is 5.97 Å². The second-order valence-electron chi connectivity index (χ2n) is 15.3. The second-order valence-corrected chi connectivity index (χ2v) is 15.3. The smallest absolute Gasteiger partial charge is 0.327 e. The van der Waals surface area contributed by atoms with E-state index in [1.54, 1.807) is 18.2 Å². The van der Waals surface area contributed by atoms with E-state index in [1.165, 1.54) is 29.2 Å². The van der Waals surface area contributed by atoms with E-state index in [4.69, 9.17) is 9.47 Å². The number of anilines is 1. The number of aliphatic carboxylic acids is 1. The second kappa shape index (κ2) is 16.8. The van der Waals surface area contributed by atoms with E-state index in [0.717, 1.165) is 49.1 Å². The molecular weight excluding hydrogens is 734 g/mol. The number of carboxylic acid groups (broad SMARTS) is 1. The summed E-state index contributed by atoms with van der Waals surface area (Å²) in [5.41, 5.74) is 4.08. The van der Waals surface area contributed by atoms with Crippen molar-refractivity contribution in [1.82, 2.24) is 0 Å². The molecule has 3 aromatic carbocycles. The predicted molar refractivity (Wildman–Crippen MR) is 211 cm³/mol. The van der Waals surface area contributed by atoms with Crippen molar-refractivity contribution in [3.05, 3.63) is 89.0 Å². The summed E-state index contributed by atoms with van der Waals surface area (Å²) in [4.78, 5) is 37.9. The summed E-state index contributed by atoms with van der Waals surface area (Å²) >= 11 is 0. The number of hydrogen-bond donors (Lipinski definition) is 7. The van der Waals surface area contributed by atoms with Crippen LogP contribution in [0.5, 0.6) is 17.2 Å². The SMILES string of the molecule is CCC1=NCN=C1Cc1cc(/C=C/C(=O)N2c3cc(O[C@@H]4O[C@H](CO)[C@@H](O)[C@H](O)[C@H]4O)c(O)cc3[C@@H](CC3(c4ccccc4)CCCCC3)[C@@H]2C(=O)O)ccc1O. The molecule has 4 aliphatic rings. The van der Waals surface area contributed by atoms with E-state index >= 15 is 0 Å². The zero-order valence-electron chi connectivity index (χ0n) is 31.6. The largest absolute Gasteiger partial charge is 0.508 e. The first kappa shape index (κ1) is 40.1. The van der Waals surface area contributed by atoms with Crippen LogP contribution in [-0.2, 0) is 26.2 Å². The van der Waals surface area contributed by atoms with Gasteiger partial charge in [0.25, 0.3) is 5.91 Å². The van der Waals surface area contributed by atoms with Crippen LogP contribution in [0, 0.1) is 0 Å². The number of phenolic OH excluding ortho intramolecular Hbond substituents is 2. The quantitative estimate of drug-likeness (QED) is 0.130. The fraction of sp³-hybridized carbons (Fsp3) is 0.442. The number of carboxylic acids is 1. The molecule has 0 bridgehead atoms. The standard InChI is InChI=1S/C43H49N3O11/c1-2-29-30(45-23-44-29)18-25-17-24(11-13-32(25)48)12-14-36(50)46-31-20-34(56-42-40(53)39(52)38(51)35(22-47)57-42)33(49)19-27(31)28(37(46)41(54)55)21-43(15-7-4-8-16-43)26-9-5-3-6-10-26/h3,5-6,9-14,17,19-20,28,35,37-40,42,47-49,51-53H,2,4,7-8,15-16,18,21-23H2,1H3,(H,54,55)/b14-12+/t28-,35-,37-,38-,39+,40-,42-/m1/s1. The van der Waals surface area contributed by atoms with Crippen LogP contribution in [0.3, 0.4) is 0 Å². The molecule has 0 unspecified atom stereocenters. The van der Waals surface area contributed by atoms with Crippen LogP contribution in [0.15, 0.2) is 76.7 Å². The molecule has 1 amide bonds. The summed E-state index contributed by atoms with van der Waals surface area (Å²) in [6.07, 6.45) is 0.688. The Labute approximate surface area is 330 Å². The van der Waals surface area contributed by atoms with Gasteiger partial charge in [0.1, 0.15) is 42.9 Å². The molecule has 57 heavy (non-hydrogen) atoms. The molecule has 2 fully saturated rings. The molecule has 3 aromatic rings. The first-order valence-electron chi connectivity index (χ1n) is 19.5. The maximum absolute atomic E-state index is 14.4. The van der Waals surface area contributed by atoms with Crippen molar-refractivity contribution in [1.29, 1.82) is 0 Å². The maximum atomic E-state index is 14.4. The summed E-state index contributed by atoms with van der Waals surface area (Å²) in [5.74, 6) is -3.32. The fourth-order valence-corrected chi connectivity index (χ4v) is 8.92. The van der Waals surface area contributed by atoms with Gasteiger partial charge in [-0.15, -0.1) is 0 Å². The van der Waals surface area contributed by atoms with Crippen LogP contribution in [0.25, 0.3) is 6.08 Å². The molecule has 0 spiro atoms. The number of hydrogen-bond acceptors (Lipinski definition) is 12. The van der Waals surface area contributed by atoms with E-state index < -0.39 is 72.3 Å². The number of aliphatic hydroxyl groups is 4. The Kier molecular flexibility index (Phi) is 11.8. The molecule has 1 aliphatic carbocycles. The molecule has 0 aromatic heterocycles. The highest BCUT2D eigenvalue weighted by molar-refractivity contribution is 6.43. The van der Waals surface area contributed by atoms with Gasteiger partial charge < -0.3 is 45.2 Å². The van der Waals surface area contributed by atoms with Crippen molar-refractivity contribution in [2.75, 3.05) is 18.2 Å². The predicted octanol–water partition coefficient (Wildman–Crippen LogP) is 3.97. The Bertz CT molecular complexity index is 2060. The van der Waals surface area contributed by atoms with Crippen molar-refractivity contribution in [3.63, 3.8) is 0 Å². The number of carbonyl (C=O) groups excluding carboxylic acids is 1. The third kappa shape index (κ3) is 7.92.